The van der Waals surface area contributed by atoms with Crippen molar-refractivity contribution in [3.63, 3.8) is 0 Å². The van der Waals surface area contributed by atoms with E-state index in [4.69, 9.17) is 8.83 Å². The lowest BCUT2D eigenvalue weighted by Crippen LogP contribution is -2.42. The minimum absolute atomic E-state index is 0.0359. The number of furan rings is 2. The molecule has 1 aliphatic heterocycles. The van der Waals surface area contributed by atoms with E-state index in [2.05, 4.69) is 0 Å². The van der Waals surface area contributed by atoms with E-state index in [1.807, 2.05) is 54.6 Å². The molecule has 5 rings (SSSR count). The van der Waals surface area contributed by atoms with Gasteiger partial charge in [0, 0.05) is 29.8 Å². The van der Waals surface area contributed by atoms with Gasteiger partial charge in [-0.1, -0.05) is 42.5 Å². The van der Waals surface area contributed by atoms with Crippen LogP contribution >= 0.6 is 0 Å². The summed E-state index contributed by atoms with van der Waals surface area (Å²) < 4.78 is 12.0. The van der Waals surface area contributed by atoms with Gasteiger partial charge >= 0.3 is 0 Å². The molecule has 6 nitrogen and oxygen atoms in total. The fraction of sp³-hybridized carbons (Fsp3) is 0.115. The number of fused-ring (bicyclic) bond motifs is 2. The SMILES string of the molecule is CCN1C(=O)C(C#N)=C(C)/C(=C/c2cc3oc(-c4cccc5ccccc45)cc3o2)C1=O. The van der Waals surface area contributed by atoms with Crippen molar-refractivity contribution in [2.45, 2.75) is 13.8 Å². The molecular weight excluding hydrogens is 404 g/mol. The van der Waals surface area contributed by atoms with Crippen molar-refractivity contribution >= 4 is 39.8 Å². The van der Waals surface area contributed by atoms with Gasteiger partial charge in [0.25, 0.3) is 11.8 Å². The van der Waals surface area contributed by atoms with Crippen LogP contribution < -0.4 is 0 Å². The molecule has 4 aromatic rings. The first-order valence-electron chi connectivity index (χ1n) is 10.2. The predicted octanol–water partition coefficient (Wildman–Crippen LogP) is 5.46. The van der Waals surface area contributed by atoms with E-state index in [9.17, 15) is 14.9 Å². The third-order valence-electron chi connectivity index (χ3n) is 5.71. The van der Waals surface area contributed by atoms with E-state index >= 15 is 0 Å². The molecule has 3 heterocycles. The summed E-state index contributed by atoms with van der Waals surface area (Å²) in [6.07, 6.45) is 1.55. The van der Waals surface area contributed by atoms with Gasteiger partial charge in [-0.2, -0.15) is 5.26 Å². The Kier molecular flexibility index (Phi) is 4.53. The van der Waals surface area contributed by atoms with E-state index in [0.717, 1.165) is 21.2 Å². The number of hydrogen-bond donors (Lipinski definition) is 0. The molecule has 0 radical (unpaired) electrons. The fourth-order valence-corrected chi connectivity index (χ4v) is 4.06. The van der Waals surface area contributed by atoms with Crippen LogP contribution in [0, 0.1) is 11.3 Å². The van der Waals surface area contributed by atoms with Crippen molar-refractivity contribution in [3.8, 4) is 17.4 Å². The standard InChI is InChI=1S/C26H18N2O4/c1-3-28-25(29)20(15(2)21(14-27)26(28)30)11-17-12-23-24(31-17)13-22(32-23)19-10-6-8-16-7-4-5-9-18(16)19/h4-13H,3H2,1-2H3/b20-11-. The minimum atomic E-state index is -0.567. The largest absolute Gasteiger partial charge is 0.453 e. The number of imide groups is 1. The minimum Gasteiger partial charge on any atom is -0.453 e. The molecule has 0 N–H and O–H groups in total. The van der Waals surface area contributed by atoms with Gasteiger partial charge in [-0.05, 0) is 36.3 Å². The van der Waals surface area contributed by atoms with E-state index in [1.54, 1.807) is 26.0 Å². The monoisotopic (exact) mass is 422 g/mol. The van der Waals surface area contributed by atoms with Crippen LogP contribution in [-0.4, -0.2) is 23.3 Å². The number of nitriles is 1. The number of amides is 2. The maximum absolute atomic E-state index is 12.8. The molecule has 0 bridgehead atoms. The Morgan fingerprint density at radius 2 is 1.75 bits per heavy atom. The Hall–Kier alpha value is -4.37. The summed E-state index contributed by atoms with van der Waals surface area (Å²) in [5, 5.41) is 11.6. The van der Waals surface area contributed by atoms with Crippen LogP contribution in [0.25, 0.3) is 39.3 Å². The smallest absolute Gasteiger partial charge is 0.271 e. The summed E-state index contributed by atoms with van der Waals surface area (Å²) in [4.78, 5) is 26.2. The molecular formula is C26H18N2O4. The highest BCUT2D eigenvalue weighted by atomic mass is 16.4. The molecule has 0 unspecified atom stereocenters. The molecule has 156 valence electrons. The summed E-state index contributed by atoms with van der Waals surface area (Å²) in [6.45, 7) is 3.47. The Labute approximate surface area is 183 Å². The van der Waals surface area contributed by atoms with Crippen molar-refractivity contribution in [1.82, 2.24) is 4.90 Å². The van der Waals surface area contributed by atoms with Gasteiger partial charge in [-0.25, -0.2) is 0 Å². The zero-order valence-corrected chi connectivity index (χ0v) is 17.5. The Bertz CT molecular complexity index is 1490. The Morgan fingerprint density at radius 3 is 2.50 bits per heavy atom. The summed E-state index contributed by atoms with van der Waals surface area (Å²) >= 11 is 0. The number of hydrogen-bond acceptors (Lipinski definition) is 5. The molecule has 2 aromatic carbocycles. The fourth-order valence-electron chi connectivity index (χ4n) is 4.06. The summed E-state index contributed by atoms with van der Waals surface area (Å²) in [5.74, 6) is 0.0868. The lowest BCUT2D eigenvalue weighted by Gasteiger charge is -2.25. The highest BCUT2D eigenvalue weighted by molar-refractivity contribution is 6.19. The third kappa shape index (κ3) is 2.95. The van der Waals surface area contributed by atoms with E-state index < -0.39 is 11.8 Å². The van der Waals surface area contributed by atoms with Gasteiger partial charge in [0.1, 0.15) is 23.2 Å². The normalized spacial score (nSPS) is 15.9. The van der Waals surface area contributed by atoms with Crippen LogP contribution in [0.3, 0.4) is 0 Å². The summed E-state index contributed by atoms with van der Waals surface area (Å²) in [7, 11) is 0. The number of nitrogens with zero attached hydrogens (tertiary/aromatic N) is 2. The van der Waals surface area contributed by atoms with Crippen molar-refractivity contribution < 1.29 is 18.4 Å². The molecule has 1 aliphatic rings. The van der Waals surface area contributed by atoms with Gasteiger partial charge < -0.3 is 8.83 Å². The van der Waals surface area contributed by atoms with Crippen LogP contribution in [0.2, 0.25) is 0 Å². The highest BCUT2D eigenvalue weighted by Gasteiger charge is 2.34. The van der Waals surface area contributed by atoms with Gasteiger partial charge in [-0.15, -0.1) is 0 Å². The van der Waals surface area contributed by atoms with E-state index in [1.165, 1.54) is 0 Å². The van der Waals surface area contributed by atoms with E-state index in [-0.39, 0.29) is 17.7 Å². The summed E-state index contributed by atoms with van der Waals surface area (Å²) in [6, 6.07) is 19.5. The first kappa shape index (κ1) is 19.6. The summed E-state index contributed by atoms with van der Waals surface area (Å²) in [5.41, 5.74) is 2.63. The average Bonchev–Trinajstić information content (AvgIpc) is 3.36. The van der Waals surface area contributed by atoms with Crippen molar-refractivity contribution in [3.05, 3.63) is 77.1 Å². The highest BCUT2D eigenvalue weighted by Crippen LogP contribution is 2.35. The second kappa shape index (κ2) is 7.40. The number of carbonyl (C=O) groups is 2. The molecule has 0 atom stereocenters. The Morgan fingerprint density at radius 1 is 1.00 bits per heavy atom. The second-order valence-corrected chi connectivity index (χ2v) is 7.54. The maximum Gasteiger partial charge on any atom is 0.271 e. The number of likely N-dealkylation sites (N-methyl/N-ethyl adjacent to an activating group) is 1. The molecule has 6 heteroatoms. The molecule has 0 fully saturated rings. The van der Waals surface area contributed by atoms with Crippen LogP contribution in [0.1, 0.15) is 19.6 Å². The van der Waals surface area contributed by atoms with Crippen molar-refractivity contribution in [2.75, 3.05) is 6.54 Å². The zero-order chi connectivity index (χ0) is 22.4. The molecule has 0 saturated heterocycles. The molecule has 0 aliphatic carbocycles. The third-order valence-corrected chi connectivity index (χ3v) is 5.71. The van der Waals surface area contributed by atoms with Gasteiger partial charge in [0.2, 0.25) is 0 Å². The van der Waals surface area contributed by atoms with Gasteiger partial charge in [-0.3, -0.25) is 14.5 Å². The first-order valence-corrected chi connectivity index (χ1v) is 10.2. The average molecular weight is 422 g/mol. The molecule has 0 spiro atoms. The van der Waals surface area contributed by atoms with E-state index in [0.29, 0.717) is 28.3 Å². The lowest BCUT2D eigenvalue weighted by atomic mass is 9.95. The number of benzene rings is 2. The maximum atomic E-state index is 12.8. The molecule has 32 heavy (non-hydrogen) atoms. The number of rotatable bonds is 3. The van der Waals surface area contributed by atoms with Gasteiger partial charge in [0.05, 0.1) is 0 Å². The zero-order valence-electron chi connectivity index (χ0n) is 17.5. The topological polar surface area (TPSA) is 87.4 Å². The predicted molar refractivity (Wildman–Crippen MR) is 120 cm³/mol. The second-order valence-electron chi connectivity index (χ2n) is 7.54. The van der Waals surface area contributed by atoms with Crippen molar-refractivity contribution in [2.24, 2.45) is 0 Å². The first-order chi connectivity index (χ1) is 15.5. The Balaban J connectivity index is 1.57. The van der Waals surface area contributed by atoms with Crippen molar-refractivity contribution in [1.29, 1.82) is 5.26 Å². The molecule has 2 aromatic heterocycles. The lowest BCUT2D eigenvalue weighted by molar-refractivity contribution is -0.140. The van der Waals surface area contributed by atoms with Gasteiger partial charge in [0.15, 0.2) is 11.2 Å². The van der Waals surface area contributed by atoms with Crippen LogP contribution in [-0.2, 0) is 9.59 Å². The quantitative estimate of drug-likeness (QED) is 0.323. The molecule has 0 saturated carbocycles. The van der Waals surface area contributed by atoms with Crippen LogP contribution in [0.15, 0.2) is 80.2 Å². The molecule has 2 amide bonds. The number of carbonyl (C=O) groups excluding carboxylic acids is 2. The van der Waals surface area contributed by atoms with Crippen LogP contribution in [0.4, 0.5) is 0 Å². The van der Waals surface area contributed by atoms with Crippen LogP contribution in [0.5, 0.6) is 0 Å².